The van der Waals surface area contributed by atoms with E-state index in [2.05, 4.69) is 48.5 Å². The van der Waals surface area contributed by atoms with Crippen LogP contribution in [0.15, 0.2) is 0 Å². The SMILES string of the molecule is CC(C)C(C)C(N)C1C(C)(C)C1(C)C. The molecular formula is C13H27N. The monoisotopic (exact) mass is 197 g/mol. The van der Waals surface area contributed by atoms with Crippen molar-refractivity contribution >= 4 is 0 Å². The average molecular weight is 197 g/mol. The van der Waals surface area contributed by atoms with E-state index in [1.54, 1.807) is 0 Å². The summed E-state index contributed by atoms with van der Waals surface area (Å²) >= 11 is 0. The summed E-state index contributed by atoms with van der Waals surface area (Å²) in [6.07, 6.45) is 0. The molecule has 0 heterocycles. The molecular weight excluding hydrogens is 170 g/mol. The molecule has 14 heavy (non-hydrogen) atoms. The molecule has 1 aliphatic carbocycles. The Labute approximate surface area is 89.5 Å². The van der Waals surface area contributed by atoms with Crippen LogP contribution in [0.4, 0.5) is 0 Å². The second kappa shape index (κ2) is 3.23. The molecule has 1 heteroatoms. The maximum atomic E-state index is 6.37. The van der Waals surface area contributed by atoms with Crippen LogP contribution in [-0.4, -0.2) is 6.04 Å². The summed E-state index contributed by atoms with van der Waals surface area (Å²) in [6, 6.07) is 0.361. The predicted molar refractivity (Wildman–Crippen MR) is 63.0 cm³/mol. The van der Waals surface area contributed by atoms with E-state index in [0.29, 0.717) is 34.6 Å². The van der Waals surface area contributed by atoms with Crippen molar-refractivity contribution in [2.45, 2.75) is 54.5 Å². The second-order valence-corrected chi connectivity index (χ2v) is 6.60. The molecule has 2 unspecified atom stereocenters. The van der Waals surface area contributed by atoms with Crippen LogP contribution in [0.25, 0.3) is 0 Å². The lowest BCUT2D eigenvalue weighted by Crippen LogP contribution is -2.35. The van der Waals surface area contributed by atoms with Gasteiger partial charge >= 0.3 is 0 Å². The van der Waals surface area contributed by atoms with Crippen molar-refractivity contribution in [1.29, 1.82) is 0 Å². The minimum absolute atomic E-state index is 0.361. The van der Waals surface area contributed by atoms with Gasteiger partial charge in [0.2, 0.25) is 0 Å². The molecule has 0 aromatic heterocycles. The largest absolute Gasteiger partial charge is 0.327 e. The average Bonchev–Trinajstić information content (AvgIpc) is 2.40. The summed E-state index contributed by atoms with van der Waals surface area (Å²) in [4.78, 5) is 0. The van der Waals surface area contributed by atoms with Crippen molar-refractivity contribution in [3.63, 3.8) is 0 Å². The molecule has 1 aliphatic rings. The van der Waals surface area contributed by atoms with Crippen molar-refractivity contribution < 1.29 is 0 Å². The van der Waals surface area contributed by atoms with Crippen LogP contribution in [0.2, 0.25) is 0 Å². The van der Waals surface area contributed by atoms with Gasteiger partial charge in [0.15, 0.2) is 0 Å². The Morgan fingerprint density at radius 3 is 1.50 bits per heavy atom. The highest BCUT2D eigenvalue weighted by atomic mass is 14.8. The Kier molecular flexibility index (Phi) is 2.78. The summed E-state index contributed by atoms with van der Waals surface area (Å²) in [6.45, 7) is 16.2. The third-order valence-electron chi connectivity index (χ3n) is 5.18. The van der Waals surface area contributed by atoms with Gasteiger partial charge in [0.05, 0.1) is 0 Å². The van der Waals surface area contributed by atoms with Gasteiger partial charge in [-0.2, -0.15) is 0 Å². The van der Waals surface area contributed by atoms with Gasteiger partial charge in [-0.25, -0.2) is 0 Å². The van der Waals surface area contributed by atoms with Gasteiger partial charge in [0.1, 0.15) is 0 Å². The molecule has 0 aliphatic heterocycles. The normalized spacial score (nSPS) is 28.9. The zero-order valence-corrected chi connectivity index (χ0v) is 10.9. The molecule has 2 N–H and O–H groups in total. The van der Waals surface area contributed by atoms with E-state index in [9.17, 15) is 0 Å². The van der Waals surface area contributed by atoms with Gasteiger partial charge in [-0.15, -0.1) is 0 Å². The molecule has 0 spiro atoms. The van der Waals surface area contributed by atoms with Crippen molar-refractivity contribution in [2.75, 3.05) is 0 Å². The van der Waals surface area contributed by atoms with Crippen LogP contribution in [0.3, 0.4) is 0 Å². The summed E-state index contributed by atoms with van der Waals surface area (Å²) in [5.41, 5.74) is 7.23. The molecule has 0 saturated heterocycles. The van der Waals surface area contributed by atoms with Crippen LogP contribution in [0.1, 0.15) is 48.5 Å². The first kappa shape index (κ1) is 12.0. The smallest absolute Gasteiger partial charge is 0.0106 e. The fraction of sp³-hybridized carbons (Fsp3) is 1.00. The summed E-state index contributed by atoms with van der Waals surface area (Å²) in [7, 11) is 0. The second-order valence-electron chi connectivity index (χ2n) is 6.60. The Bertz CT molecular complexity index is 201. The van der Waals surface area contributed by atoms with Gasteiger partial charge in [-0.05, 0) is 28.6 Å². The third kappa shape index (κ3) is 1.50. The van der Waals surface area contributed by atoms with Crippen molar-refractivity contribution in [3.05, 3.63) is 0 Å². The lowest BCUT2D eigenvalue weighted by molar-refractivity contribution is 0.292. The topological polar surface area (TPSA) is 26.0 Å². The molecule has 2 atom stereocenters. The molecule has 0 amide bonds. The highest BCUT2D eigenvalue weighted by Gasteiger charge is 2.66. The minimum atomic E-state index is 0.361. The van der Waals surface area contributed by atoms with E-state index < -0.39 is 0 Å². The lowest BCUT2D eigenvalue weighted by Gasteiger charge is -2.25. The summed E-state index contributed by atoms with van der Waals surface area (Å²) < 4.78 is 0. The lowest BCUT2D eigenvalue weighted by atomic mass is 9.85. The van der Waals surface area contributed by atoms with Crippen LogP contribution in [-0.2, 0) is 0 Å². The highest BCUT2D eigenvalue weighted by Crippen LogP contribution is 2.70. The molecule has 0 bridgehead atoms. The van der Waals surface area contributed by atoms with Crippen LogP contribution >= 0.6 is 0 Å². The van der Waals surface area contributed by atoms with Crippen molar-refractivity contribution in [3.8, 4) is 0 Å². The fourth-order valence-corrected chi connectivity index (χ4v) is 2.96. The quantitative estimate of drug-likeness (QED) is 0.738. The van der Waals surface area contributed by atoms with E-state index >= 15 is 0 Å². The zero-order valence-electron chi connectivity index (χ0n) is 10.9. The number of hydrogen-bond donors (Lipinski definition) is 1. The van der Waals surface area contributed by atoms with E-state index in [0.717, 1.165) is 0 Å². The van der Waals surface area contributed by atoms with Gasteiger partial charge in [0, 0.05) is 6.04 Å². The molecule has 1 nitrogen and oxygen atoms in total. The number of nitrogens with two attached hydrogens (primary N) is 1. The van der Waals surface area contributed by atoms with Crippen molar-refractivity contribution in [2.24, 2.45) is 34.3 Å². The third-order valence-corrected chi connectivity index (χ3v) is 5.18. The first-order chi connectivity index (χ1) is 6.14. The minimum Gasteiger partial charge on any atom is -0.327 e. The molecule has 1 fully saturated rings. The van der Waals surface area contributed by atoms with E-state index in [-0.39, 0.29) is 0 Å². The van der Waals surface area contributed by atoms with Crippen molar-refractivity contribution in [1.82, 2.24) is 0 Å². The maximum absolute atomic E-state index is 6.37. The van der Waals surface area contributed by atoms with E-state index in [4.69, 9.17) is 5.73 Å². The van der Waals surface area contributed by atoms with E-state index in [1.165, 1.54) is 0 Å². The fourth-order valence-electron chi connectivity index (χ4n) is 2.96. The van der Waals surface area contributed by atoms with Gasteiger partial charge in [0.25, 0.3) is 0 Å². The Morgan fingerprint density at radius 1 is 0.929 bits per heavy atom. The standard InChI is InChI=1S/C13H27N/c1-8(2)9(3)10(14)11-12(4,5)13(11,6)7/h8-11H,14H2,1-7H3. The highest BCUT2D eigenvalue weighted by molar-refractivity contribution is 5.16. The summed E-state index contributed by atoms with van der Waals surface area (Å²) in [5.74, 6) is 2.01. The molecule has 0 aromatic rings. The van der Waals surface area contributed by atoms with Crippen LogP contribution in [0, 0.1) is 28.6 Å². The molecule has 0 radical (unpaired) electrons. The van der Waals surface area contributed by atoms with E-state index in [1.807, 2.05) is 0 Å². The molecule has 84 valence electrons. The predicted octanol–water partition coefficient (Wildman–Crippen LogP) is 3.29. The van der Waals surface area contributed by atoms with Gasteiger partial charge < -0.3 is 5.73 Å². The summed E-state index contributed by atoms with van der Waals surface area (Å²) in [5, 5.41) is 0. The van der Waals surface area contributed by atoms with Gasteiger partial charge in [-0.3, -0.25) is 0 Å². The first-order valence-corrected chi connectivity index (χ1v) is 5.89. The zero-order chi connectivity index (χ0) is 11.3. The molecule has 1 rings (SSSR count). The Morgan fingerprint density at radius 2 is 1.29 bits per heavy atom. The maximum Gasteiger partial charge on any atom is 0.0106 e. The van der Waals surface area contributed by atoms with Gasteiger partial charge in [-0.1, -0.05) is 48.5 Å². The molecule has 1 saturated carbocycles. The Hall–Kier alpha value is -0.0400. The van der Waals surface area contributed by atoms with Crippen LogP contribution in [0.5, 0.6) is 0 Å². The number of rotatable bonds is 3. The molecule has 0 aromatic carbocycles. The number of hydrogen-bond acceptors (Lipinski definition) is 1. The van der Waals surface area contributed by atoms with Crippen LogP contribution < -0.4 is 5.73 Å². The first-order valence-electron chi connectivity index (χ1n) is 5.89. The Balaban J connectivity index is 2.70.